The topological polar surface area (TPSA) is 89.7 Å². The van der Waals surface area contributed by atoms with Gasteiger partial charge in [0.15, 0.2) is 12.2 Å². The molecular weight excluding hydrogens is 356 g/mol. The molecule has 8 heteroatoms. The number of oxazole rings is 1. The van der Waals surface area contributed by atoms with E-state index in [0.717, 1.165) is 9.87 Å². The summed E-state index contributed by atoms with van der Waals surface area (Å²) >= 11 is 0. The molecule has 0 radical (unpaired) electrons. The largest absolute Gasteiger partial charge is 0.455 e. The predicted molar refractivity (Wildman–Crippen MR) is 94.8 cm³/mol. The fraction of sp³-hybridized carbons (Fsp3) is 0.222. The summed E-state index contributed by atoms with van der Waals surface area (Å²) in [4.78, 5) is 16.3. The number of carbonyl (C=O) groups is 1. The van der Waals surface area contributed by atoms with Gasteiger partial charge in [-0.15, -0.1) is 0 Å². The first-order valence-corrected chi connectivity index (χ1v) is 9.33. The Hall–Kier alpha value is -2.71. The first-order valence-electron chi connectivity index (χ1n) is 7.89. The number of hydrogen-bond acceptors (Lipinski definition) is 6. The molecule has 0 fully saturated rings. The fourth-order valence-electron chi connectivity index (χ4n) is 2.33. The Bertz CT molecular complexity index is 992. The molecule has 0 aliphatic rings. The van der Waals surface area contributed by atoms with Crippen LogP contribution in [-0.4, -0.2) is 37.3 Å². The van der Waals surface area contributed by atoms with Crippen molar-refractivity contribution in [2.75, 3.05) is 13.6 Å². The number of likely N-dealkylation sites (N-methyl/N-ethyl adjacent to an activating group) is 1. The van der Waals surface area contributed by atoms with E-state index in [1.54, 1.807) is 24.3 Å². The molecule has 7 nitrogen and oxygen atoms in total. The molecule has 0 unspecified atom stereocenters. The minimum Gasteiger partial charge on any atom is -0.455 e. The number of aromatic nitrogens is 1. The van der Waals surface area contributed by atoms with Crippen LogP contribution in [0.4, 0.5) is 0 Å². The van der Waals surface area contributed by atoms with E-state index in [0.29, 0.717) is 11.1 Å². The molecule has 3 aromatic rings. The molecule has 1 aromatic heterocycles. The Balaban J connectivity index is 1.60. The van der Waals surface area contributed by atoms with Crippen molar-refractivity contribution in [2.24, 2.45) is 0 Å². The molecule has 0 aliphatic heterocycles. The van der Waals surface area contributed by atoms with Crippen molar-refractivity contribution >= 4 is 27.1 Å². The van der Waals surface area contributed by atoms with Crippen LogP contribution in [0, 0.1) is 6.92 Å². The van der Waals surface area contributed by atoms with Gasteiger partial charge in [0.05, 0.1) is 4.90 Å². The number of esters is 1. The lowest BCUT2D eigenvalue weighted by molar-refractivity contribution is -0.145. The third-order valence-electron chi connectivity index (χ3n) is 3.78. The maximum Gasteiger partial charge on any atom is 0.321 e. The molecule has 0 atom stereocenters. The van der Waals surface area contributed by atoms with Crippen molar-refractivity contribution in [3.8, 4) is 0 Å². The zero-order chi connectivity index (χ0) is 18.7. The van der Waals surface area contributed by atoms with Crippen LogP contribution in [0.1, 0.15) is 11.5 Å². The Morgan fingerprint density at radius 1 is 1.15 bits per heavy atom. The highest BCUT2D eigenvalue weighted by atomic mass is 32.2. The van der Waals surface area contributed by atoms with Gasteiger partial charge in [-0.25, -0.2) is 13.4 Å². The van der Waals surface area contributed by atoms with Crippen LogP contribution in [-0.2, 0) is 26.2 Å². The number of carbonyl (C=O) groups excluding carboxylic acids is 1. The van der Waals surface area contributed by atoms with Gasteiger partial charge in [0.1, 0.15) is 12.1 Å². The molecule has 0 aliphatic carbocycles. The first kappa shape index (κ1) is 18.1. The lowest BCUT2D eigenvalue weighted by Crippen LogP contribution is -2.33. The van der Waals surface area contributed by atoms with Crippen molar-refractivity contribution in [3.63, 3.8) is 0 Å². The van der Waals surface area contributed by atoms with Crippen molar-refractivity contribution in [3.05, 3.63) is 60.0 Å². The fourth-order valence-corrected chi connectivity index (χ4v) is 3.44. The Labute approximate surface area is 151 Å². The average molecular weight is 374 g/mol. The van der Waals surface area contributed by atoms with E-state index in [4.69, 9.17) is 9.15 Å². The molecule has 0 saturated carbocycles. The molecule has 2 aromatic carbocycles. The summed E-state index contributed by atoms with van der Waals surface area (Å²) in [6, 6.07) is 13.6. The van der Waals surface area contributed by atoms with E-state index < -0.39 is 22.5 Å². The maximum absolute atomic E-state index is 12.5. The molecule has 0 saturated heterocycles. The smallest absolute Gasteiger partial charge is 0.321 e. The summed E-state index contributed by atoms with van der Waals surface area (Å²) in [6.07, 6.45) is 0. The molecular formula is C18H18N2O5S. The Morgan fingerprint density at radius 3 is 2.54 bits per heavy atom. The van der Waals surface area contributed by atoms with Crippen LogP contribution in [0.25, 0.3) is 11.1 Å². The third kappa shape index (κ3) is 3.92. The maximum atomic E-state index is 12.5. The van der Waals surface area contributed by atoms with Crippen LogP contribution in [0.15, 0.2) is 57.8 Å². The second-order valence-electron chi connectivity index (χ2n) is 5.81. The van der Waals surface area contributed by atoms with Gasteiger partial charge in [-0.2, -0.15) is 4.31 Å². The SMILES string of the molecule is Cc1ccc(S(=O)(=O)N(C)CC(=O)OCc2nc3ccccc3o2)cc1. The van der Waals surface area contributed by atoms with E-state index >= 15 is 0 Å². The molecule has 3 rings (SSSR count). The van der Waals surface area contributed by atoms with Gasteiger partial charge in [-0.05, 0) is 31.2 Å². The van der Waals surface area contributed by atoms with Crippen LogP contribution in [0.5, 0.6) is 0 Å². The normalized spacial score (nSPS) is 11.8. The van der Waals surface area contributed by atoms with E-state index in [2.05, 4.69) is 4.98 Å². The highest BCUT2D eigenvalue weighted by molar-refractivity contribution is 7.89. The standard InChI is InChI=1S/C18H18N2O5S/c1-13-7-9-14(10-8-13)26(22,23)20(2)11-18(21)24-12-17-19-15-5-3-4-6-16(15)25-17/h3-10H,11-12H2,1-2H3. The first-order chi connectivity index (χ1) is 12.4. The molecule has 136 valence electrons. The zero-order valence-corrected chi connectivity index (χ0v) is 15.2. The number of para-hydroxylation sites is 2. The number of fused-ring (bicyclic) bond motifs is 1. The van der Waals surface area contributed by atoms with E-state index in [9.17, 15) is 13.2 Å². The molecule has 0 N–H and O–H groups in total. The van der Waals surface area contributed by atoms with E-state index in [-0.39, 0.29) is 17.4 Å². The number of rotatable bonds is 6. The Morgan fingerprint density at radius 2 is 1.85 bits per heavy atom. The lowest BCUT2D eigenvalue weighted by Gasteiger charge is -2.16. The number of aryl methyl sites for hydroxylation is 1. The van der Waals surface area contributed by atoms with E-state index in [1.807, 2.05) is 19.1 Å². The van der Waals surface area contributed by atoms with Crippen molar-refractivity contribution in [2.45, 2.75) is 18.4 Å². The van der Waals surface area contributed by atoms with Crippen molar-refractivity contribution in [1.82, 2.24) is 9.29 Å². The molecule has 0 amide bonds. The van der Waals surface area contributed by atoms with Gasteiger partial charge in [0.25, 0.3) is 0 Å². The number of ether oxygens (including phenoxy) is 1. The van der Waals surface area contributed by atoms with Crippen LogP contribution in [0.3, 0.4) is 0 Å². The summed E-state index contributed by atoms with van der Waals surface area (Å²) in [5, 5.41) is 0. The summed E-state index contributed by atoms with van der Waals surface area (Å²) in [5.74, 6) is -0.436. The highest BCUT2D eigenvalue weighted by Gasteiger charge is 2.23. The number of hydrogen-bond donors (Lipinski definition) is 0. The van der Waals surface area contributed by atoms with Gasteiger partial charge in [0.2, 0.25) is 15.9 Å². The monoisotopic (exact) mass is 374 g/mol. The van der Waals surface area contributed by atoms with Crippen molar-refractivity contribution < 1.29 is 22.4 Å². The van der Waals surface area contributed by atoms with Gasteiger partial charge in [-0.1, -0.05) is 29.8 Å². The number of sulfonamides is 1. The molecule has 0 spiro atoms. The number of benzene rings is 2. The minimum absolute atomic E-state index is 0.123. The quantitative estimate of drug-likeness (QED) is 0.616. The van der Waals surface area contributed by atoms with Gasteiger partial charge < -0.3 is 9.15 Å². The third-order valence-corrected chi connectivity index (χ3v) is 5.59. The highest BCUT2D eigenvalue weighted by Crippen LogP contribution is 2.16. The second-order valence-corrected chi connectivity index (χ2v) is 7.86. The summed E-state index contributed by atoms with van der Waals surface area (Å²) in [7, 11) is -2.43. The average Bonchev–Trinajstić information content (AvgIpc) is 3.03. The van der Waals surface area contributed by atoms with Gasteiger partial charge >= 0.3 is 5.97 Å². The van der Waals surface area contributed by atoms with Crippen LogP contribution >= 0.6 is 0 Å². The molecule has 26 heavy (non-hydrogen) atoms. The van der Waals surface area contributed by atoms with Crippen molar-refractivity contribution in [1.29, 1.82) is 0 Å². The van der Waals surface area contributed by atoms with Gasteiger partial charge in [0, 0.05) is 7.05 Å². The molecule has 0 bridgehead atoms. The zero-order valence-electron chi connectivity index (χ0n) is 14.4. The summed E-state index contributed by atoms with van der Waals surface area (Å²) < 4.78 is 36.4. The molecule has 1 heterocycles. The summed E-state index contributed by atoms with van der Waals surface area (Å²) in [5.41, 5.74) is 2.21. The predicted octanol–water partition coefficient (Wildman–Crippen LogP) is 2.50. The summed E-state index contributed by atoms with van der Waals surface area (Å²) in [6.45, 7) is 1.30. The number of nitrogens with zero attached hydrogens (tertiary/aromatic N) is 2. The minimum atomic E-state index is -3.76. The van der Waals surface area contributed by atoms with E-state index in [1.165, 1.54) is 19.2 Å². The van der Waals surface area contributed by atoms with Gasteiger partial charge in [-0.3, -0.25) is 4.79 Å². The second kappa shape index (κ2) is 7.27. The van der Waals surface area contributed by atoms with Crippen LogP contribution in [0.2, 0.25) is 0 Å². The van der Waals surface area contributed by atoms with Crippen LogP contribution < -0.4 is 0 Å². The Kier molecular flexibility index (Phi) is 5.06. The lowest BCUT2D eigenvalue weighted by atomic mass is 10.2.